The highest BCUT2D eigenvalue weighted by molar-refractivity contribution is 4.95. The largest absolute Gasteiger partial charge is 0.317 e. The second-order valence-corrected chi connectivity index (χ2v) is 6.36. The highest BCUT2D eigenvalue weighted by atomic mass is 15.3. The van der Waals surface area contributed by atoms with Crippen LogP contribution in [0, 0.1) is 11.8 Å². The van der Waals surface area contributed by atoms with E-state index in [0.717, 1.165) is 23.9 Å². The van der Waals surface area contributed by atoms with Gasteiger partial charge >= 0.3 is 0 Å². The van der Waals surface area contributed by atoms with Crippen LogP contribution in [0.25, 0.3) is 0 Å². The summed E-state index contributed by atoms with van der Waals surface area (Å²) in [5.74, 6) is 1.81. The molecular formula is C14H27N3. The Kier molecular flexibility index (Phi) is 3.42. The van der Waals surface area contributed by atoms with E-state index in [0.29, 0.717) is 0 Å². The maximum absolute atomic E-state index is 3.47. The lowest BCUT2D eigenvalue weighted by molar-refractivity contribution is -0.0157. The topological polar surface area (TPSA) is 18.5 Å². The SMILES string of the molecule is CNC1CCN(C2CN3CCC2CC3)CC1C. The van der Waals surface area contributed by atoms with Crippen molar-refractivity contribution in [1.82, 2.24) is 15.1 Å². The molecule has 4 aliphatic rings. The van der Waals surface area contributed by atoms with Crippen LogP contribution in [0.1, 0.15) is 26.2 Å². The molecule has 3 heteroatoms. The zero-order valence-corrected chi connectivity index (χ0v) is 11.4. The van der Waals surface area contributed by atoms with E-state index < -0.39 is 0 Å². The summed E-state index contributed by atoms with van der Waals surface area (Å²) >= 11 is 0. The molecule has 0 aromatic carbocycles. The Labute approximate surface area is 106 Å². The maximum atomic E-state index is 3.47. The fourth-order valence-electron chi connectivity index (χ4n) is 4.26. The standard InChI is InChI=1S/C14H27N3/c1-11-9-17(8-5-13(11)15-2)14-10-16-6-3-12(14)4-7-16/h11-15H,3-10H2,1-2H3. The van der Waals surface area contributed by atoms with Crippen LogP contribution in [-0.4, -0.2) is 61.7 Å². The van der Waals surface area contributed by atoms with E-state index in [4.69, 9.17) is 0 Å². The summed E-state index contributed by atoms with van der Waals surface area (Å²) in [4.78, 5) is 5.48. The van der Waals surface area contributed by atoms with Gasteiger partial charge in [0, 0.05) is 25.2 Å². The van der Waals surface area contributed by atoms with E-state index in [2.05, 4.69) is 29.1 Å². The average molecular weight is 237 g/mol. The molecule has 0 aromatic rings. The molecule has 0 spiro atoms. The first-order valence-electron chi connectivity index (χ1n) is 7.41. The van der Waals surface area contributed by atoms with Gasteiger partial charge in [0.05, 0.1) is 0 Å². The normalized spacial score (nSPS) is 47.3. The Hall–Kier alpha value is -0.120. The molecule has 17 heavy (non-hydrogen) atoms. The Bertz CT molecular complexity index is 260. The molecule has 0 amide bonds. The predicted octanol–water partition coefficient (Wildman–Crippen LogP) is 1.01. The minimum Gasteiger partial charge on any atom is -0.317 e. The number of likely N-dealkylation sites (tertiary alicyclic amines) is 1. The van der Waals surface area contributed by atoms with Crippen LogP contribution in [0.3, 0.4) is 0 Å². The minimum absolute atomic E-state index is 0.743. The zero-order chi connectivity index (χ0) is 11.8. The first-order valence-corrected chi connectivity index (χ1v) is 7.41. The van der Waals surface area contributed by atoms with Crippen molar-refractivity contribution in [3.05, 3.63) is 0 Å². The lowest BCUT2D eigenvalue weighted by atomic mass is 9.81. The van der Waals surface area contributed by atoms with E-state index in [1.165, 1.54) is 52.0 Å². The zero-order valence-electron chi connectivity index (χ0n) is 11.4. The minimum atomic E-state index is 0.743. The highest BCUT2D eigenvalue weighted by Gasteiger charge is 2.39. The molecule has 3 atom stereocenters. The molecule has 4 fully saturated rings. The van der Waals surface area contributed by atoms with Gasteiger partial charge in [0.25, 0.3) is 0 Å². The van der Waals surface area contributed by atoms with Gasteiger partial charge in [-0.3, -0.25) is 4.90 Å². The third-order valence-electron chi connectivity index (χ3n) is 5.40. The van der Waals surface area contributed by atoms with Gasteiger partial charge in [-0.15, -0.1) is 0 Å². The number of hydrogen-bond acceptors (Lipinski definition) is 3. The Morgan fingerprint density at radius 1 is 1.00 bits per heavy atom. The van der Waals surface area contributed by atoms with Crippen molar-refractivity contribution in [2.75, 3.05) is 39.8 Å². The molecule has 0 aromatic heterocycles. The lowest BCUT2D eigenvalue weighted by Gasteiger charge is -2.51. The molecule has 0 radical (unpaired) electrons. The van der Waals surface area contributed by atoms with Gasteiger partial charge in [-0.2, -0.15) is 0 Å². The number of hydrogen-bond donors (Lipinski definition) is 1. The van der Waals surface area contributed by atoms with Crippen molar-refractivity contribution in [3.63, 3.8) is 0 Å². The van der Waals surface area contributed by atoms with Crippen molar-refractivity contribution in [3.8, 4) is 0 Å². The molecule has 2 bridgehead atoms. The predicted molar refractivity (Wildman–Crippen MR) is 71.2 cm³/mol. The van der Waals surface area contributed by atoms with E-state index in [1.54, 1.807) is 0 Å². The molecule has 4 rings (SSSR count). The highest BCUT2D eigenvalue weighted by Crippen LogP contribution is 2.33. The fourth-order valence-corrected chi connectivity index (χ4v) is 4.26. The molecule has 4 heterocycles. The number of piperidine rings is 4. The summed E-state index contributed by atoms with van der Waals surface area (Å²) in [6.07, 6.45) is 4.23. The molecule has 3 unspecified atom stereocenters. The van der Waals surface area contributed by atoms with Crippen molar-refractivity contribution in [2.24, 2.45) is 11.8 Å². The van der Waals surface area contributed by atoms with E-state index >= 15 is 0 Å². The number of fused-ring (bicyclic) bond motifs is 3. The molecule has 1 N–H and O–H groups in total. The average Bonchev–Trinajstić information content (AvgIpc) is 2.40. The first kappa shape index (κ1) is 11.9. The van der Waals surface area contributed by atoms with E-state index in [-0.39, 0.29) is 0 Å². The van der Waals surface area contributed by atoms with Gasteiger partial charge in [0.15, 0.2) is 0 Å². The summed E-state index contributed by atoms with van der Waals surface area (Å²) in [6, 6.07) is 1.62. The van der Waals surface area contributed by atoms with Crippen LogP contribution in [0.2, 0.25) is 0 Å². The van der Waals surface area contributed by atoms with Gasteiger partial charge in [-0.05, 0) is 57.8 Å². The van der Waals surface area contributed by atoms with Crippen LogP contribution >= 0.6 is 0 Å². The van der Waals surface area contributed by atoms with Gasteiger partial charge in [0.2, 0.25) is 0 Å². The third-order valence-corrected chi connectivity index (χ3v) is 5.40. The summed E-state index contributed by atoms with van der Waals surface area (Å²) in [7, 11) is 2.12. The molecule has 4 aliphatic heterocycles. The van der Waals surface area contributed by atoms with Crippen molar-refractivity contribution >= 4 is 0 Å². The van der Waals surface area contributed by atoms with Gasteiger partial charge in [-0.25, -0.2) is 0 Å². The Morgan fingerprint density at radius 3 is 2.29 bits per heavy atom. The van der Waals surface area contributed by atoms with Crippen LogP contribution in [0.4, 0.5) is 0 Å². The summed E-state index contributed by atoms with van der Waals surface area (Å²) < 4.78 is 0. The van der Waals surface area contributed by atoms with E-state index in [1.807, 2.05) is 0 Å². The molecule has 4 saturated heterocycles. The monoisotopic (exact) mass is 237 g/mol. The Balaban J connectivity index is 1.62. The lowest BCUT2D eigenvalue weighted by Crippen LogP contribution is -2.60. The number of rotatable bonds is 2. The van der Waals surface area contributed by atoms with Crippen LogP contribution < -0.4 is 5.32 Å². The van der Waals surface area contributed by atoms with Crippen molar-refractivity contribution < 1.29 is 0 Å². The third kappa shape index (κ3) is 2.25. The smallest absolute Gasteiger partial charge is 0.0252 e. The van der Waals surface area contributed by atoms with Crippen LogP contribution in [-0.2, 0) is 0 Å². The molecule has 98 valence electrons. The second kappa shape index (κ2) is 4.87. The quantitative estimate of drug-likeness (QED) is 0.773. The van der Waals surface area contributed by atoms with Gasteiger partial charge in [-0.1, -0.05) is 6.92 Å². The summed E-state index contributed by atoms with van der Waals surface area (Å²) in [6.45, 7) is 9.11. The first-order chi connectivity index (χ1) is 8.28. The van der Waals surface area contributed by atoms with Crippen molar-refractivity contribution in [1.29, 1.82) is 0 Å². The molecule has 0 aliphatic carbocycles. The Morgan fingerprint density at radius 2 is 1.76 bits per heavy atom. The molecular weight excluding hydrogens is 210 g/mol. The van der Waals surface area contributed by atoms with Gasteiger partial charge < -0.3 is 10.2 Å². The van der Waals surface area contributed by atoms with E-state index in [9.17, 15) is 0 Å². The molecule has 0 saturated carbocycles. The van der Waals surface area contributed by atoms with Crippen LogP contribution in [0.5, 0.6) is 0 Å². The van der Waals surface area contributed by atoms with Gasteiger partial charge in [0.1, 0.15) is 0 Å². The summed E-state index contributed by atoms with van der Waals surface area (Å²) in [5, 5.41) is 3.47. The second-order valence-electron chi connectivity index (χ2n) is 6.36. The molecule has 3 nitrogen and oxygen atoms in total. The van der Waals surface area contributed by atoms with Crippen molar-refractivity contribution in [2.45, 2.75) is 38.3 Å². The number of nitrogens with zero attached hydrogens (tertiary/aromatic N) is 2. The summed E-state index contributed by atoms with van der Waals surface area (Å²) in [5.41, 5.74) is 0. The fraction of sp³-hybridized carbons (Fsp3) is 1.00. The maximum Gasteiger partial charge on any atom is 0.0252 e. The number of nitrogens with one attached hydrogen (secondary N) is 1. The van der Waals surface area contributed by atoms with Crippen LogP contribution in [0.15, 0.2) is 0 Å².